The fourth-order valence-corrected chi connectivity index (χ4v) is 4.82. The molecule has 112 valence electrons. The minimum absolute atomic E-state index is 0.0554. The van der Waals surface area contributed by atoms with Gasteiger partial charge in [-0.1, -0.05) is 0 Å². The van der Waals surface area contributed by atoms with E-state index in [0.29, 0.717) is 25.9 Å². The molecule has 1 fully saturated rings. The van der Waals surface area contributed by atoms with Crippen LogP contribution in [0.25, 0.3) is 0 Å². The van der Waals surface area contributed by atoms with Gasteiger partial charge in [-0.25, -0.2) is 18.2 Å². The van der Waals surface area contributed by atoms with Crippen molar-refractivity contribution in [1.29, 1.82) is 0 Å². The van der Waals surface area contributed by atoms with Gasteiger partial charge in [0.25, 0.3) is 10.0 Å². The summed E-state index contributed by atoms with van der Waals surface area (Å²) in [7, 11) is -0.888. The number of ether oxygens (including phenoxy) is 2. The summed E-state index contributed by atoms with van der Waals surface area (Å²) in [6.07, 6.45) is 1.37. The highest BCUT2D eigenvalue weighted by molar-refractivity contribution is 7.91. The zero-order chi connectivity index (χ0) is 14.8. The number of methoxy groups -OCH3 is 2. The summed E-state index contributed by atoms with van der Waals surface area (Å²) < 4.78 is 36.1. The Morgan fingerprint density at radius 2 is 2.05 bits per heavy atom. The molecule has 0 amide bonds. The zero-order valence-electron chi connectivity index (χ0n) is 11.2. The molecule has 0 spiro atoms. The van der Waals surface area contributed by atoms with Crippen molar-refractivity contribution in [3.63, 3.8) is 0 Å². The number of rotatable bonds is 4. The van der Waals surface area contributed by atoms with E-state index in [0.717, 1.165) is 11.3 Å². The van der Waals surface area contributed by atoms with Gasteiger partial charge in [-0.15, -0.1) is 11.3 Å². The van der Waals surface area contributed by atoms with E-state index in [2.05, 4.69) is 9.72 Å². The van der Waals surface area contributed by atoms with Gasteiger partial charge in [0, 0.05) is 20.2 Å². The van der Waals surface area contributed by atoms with Crippen molar-refractivity contribution in [1.82, 2.24) is 9.29 Å². The van der Waals surface area contributed by atoms with Crippen LogP contribution in [0.5, 0.6) is 0 Å². The van der Waals surface area contributed by atoms with E-state index < -0.39 is 16.0 Å². The third kappa shape index (κ3) is 2.85. The second kappa shape index (κ2) is 6.17. The second-order valence-corrected chi connectivity index (χ2v) is 7.31. The highest BCUT2D eigenvalue weighted by Gasteiger charge is 2.34. The zero-order valence-corrected chi connectivity index (χ0v) is 12.9. The number of carbonyl (C=O) groups is 1. The number of aromatic nitrogens is 1. The maximum absolute atomic E-state index is 12.5. The van der Waals surface area contributed by atoms with Crippen molar-refractivity contribution in [2.24, 2.45) is 0 Å². The van der Waals surface area contributed by atoms with Gasteiger partial charge in [0.05, 0.1) is 18.7 Å². The molecule has 1 saturated heterocycles. The van der Waals surface area contributed by atoms with E-state index in [1.54, 1.807) is 7.11 Å². The summed E-state index contributed by atoms with van der Waals surface area (Å²) in [4.78, 5) is 15.3. The fraction of sp³-hybridized carbons (Fsp3) is 0.636. The number of piperidine rings is 1. The van der Waals surface area contributed by atoms with Gasteiger partial charge < -0.3 is 9.47 Å². The third-order valence-corrected chi connectivity index (χ3v) is 6.47. The Bertz CT molecular complexity index is 575. The molecule has 9 heteroatoms. The van der Waals surface area contributed by atoms with Crippen molar-refractivity contribution in [2.45, 2.75) is 23.2 Å². The van der Waals surface area contributed by atoms with Crippen molar-refractivity contribution >= 4 is 27.3 Å². The Morgan fingerprint density at radius 3 is 2.60 bits per heavy atom. The first-order valence-corrected chi connectivity index (χ1v) is 8.37. The lowest BCUT2D eigenvalue weighted by atomic mass is 10.1. The molecule has 1 aliphatic rings. The number of nitrogens with zero attached hydrogens (tertiary/aromatic N) is 2. The van der Waals surface area contributed by atoms with E-state index in [-0.39, 0.29) is 16.0 Å². The molecular formula is C11H16N2O5S2. The fourth-order valence-electron chi connectivity index (χ4n) is 2.08. The van der Waals surface area contributed by atoms with Crippen molar-refractivity contribution in [3.8, 4) is 0 Å². The van der Waals surface area contributed by atoms with Crippen LogP contribution in [0.3, 0.4) is 0 Å². The van der Waals surface area contributed by atoms with Gasteiger partial charge in [0.15, 0.2) is 9.90 Å². The molecule has 0 unspecified atom stereocenters. The number of carbonyl (C=O) groups excluding carboxylic acids is 1. The van der Waals surface area contributed by atoms with Crippen LogP contribution in [0.1, 0.15) is 23.3 Å². The average Bonchev–Trinajstić information content (AvgIpc) is 2.96. The topological polar surface area (TPSA) is 85.8 Å². The molecule has 2 heterocycles. The molecule has 0 aromatic carbocycles. The molecule has 0 radical (unpaired) electrons. The summed E-state index contributed by atoms with van der Waals surface area (Å²) in [6.45, 7) is 0.749. The van der Waals surface area contributed by atoms with Gasteiger partial charge >= 0.3 is 5.97 Å². The highest BCUT2D eigenvalue weighted by Crippen LogP contribution is 2.27. The predicted octanol–water partition coefficient (Wildman–Crippen LogP) is 0.729. The maximum atomic E-state index is 12.5. The lowest BCUT2D eigenvalue weighted by Gasteiger charge is -2.29. The first kappa shape index (κ1) is 15.4. The van der Waals surface area contributed by atoms with Crippen molar-refractivity contribution in [2.75, 3.05) is 27.3 Å². The van der Waals surface area contributed by atoms with Crippen LogP contribution in [-0.2, 0) is 19.5 Å². The number of thiazole rings is 1. The average molecular weight is 320 g/mol. The molecule has 1 aromatic rings. The minimum Gasteiger partial charge on any atom is -0.464 e. The van der Waals surface area contributed by atoms with Crippen molar-refractivity contribution in [3.05, 3.63) is 11.2 Å². The number of sulfonamides is 1. The molecule has 7 nitrogen and oxygen atoms in total. The molecule has 2 rings (SSSR count). The molecule has 0 aliphatic carbocycles. The molecule has 0 saturated carbocycles. The first-order chi connectivity index (χ1) is 9.50. The Labute approximate surface area is 121 Å². The van der Waals surface area contributed by atoms with E-state index in [1.807, 2.05) is 0 Å². The lowest BCUT2D eigenvalue weighted by Crippen LogP contribution is -2.40. The van der Waals surface area contributed by atoms with E-state index in [9.17, 15) is 13.2 Å². The van der Waals surface area contributed by atoms with Crippen LogP contribution in [0.15, 0.2) is 9.72 Å². The van der Waals surface area contributed by atoms with Crippen molar-refractivity contribution < 1.29 is 22.7 Å². The SMILES string of the molecule is COC(=O)c1ncsc1S(=O)(=O)N1CCC(OC)CC1. The smallest absolute Gasteiger partial charge is 0.358 e. The number of hydrogen-bond acceptors (Lipinski definition) is 7. The van der Waals surface area contributed by atoms with Gasteiger partial charge in [-0.05, 0) is 12.8 Å². The Morgan fingerprint density at radius 1 is 1.40 bits per heavy atom. The van der Waals surface area contributed by atoms with E-state index in [1.165, 1.54) is 16.9 Å². The third-order valence-electron chi connectivity index (χ3n) is 3.22. The predicted molar refractivity (Wildman–Crippen MR) is 72.2 cm³/mol. The minimum atomic E-state index is -3.70. The van der Waals surface area contributed by atoms with Crippen LogP contribution < -0.4 is 0 Å². The van der Waals surface area contributed by atoms with Crippen LogP contribution in [0, 0.1) is 0 Å². The number of esters is 1. The molecule has 1 aromatic heterocycles. The maximum Gasteiger partial charge on any atom is 0.358 e. The normalized spacial score (nSPS) is 18.1. The molecule has 1 aliphatic heterocycles. The van der Waals surface area contributed by atoms with E-state index in [4.69, 9.17) is 4.74 Å². The number of hydrogen-bond donors (Lipinski definition) is 0. The molecule has 20 heavy (non-hydrogen) atoms. The monoisotopic (exact) mass is 320 g/mol. The molecular weight excluding hydrogens is 304 g/mol. The second-order valence-electron chi connectivity index (χ2n) is 4.32. The molecule has 0 bridgehead atoms. The van der Waals surface area contributed by atoms with Crippen LogP contribution in [-0.4, -0.2) is 57.1 Å². The Hall–Kier alpha value is -1.03. The van der Waals surface area contributed by atoms with Gasteiger partial charge in [0.1, 0.15) is 0 Å². The van der Waals surface area contributed by atoms with Gasteiger partial charge in [-0.3, -0.25) is 0 Å². The largest absolute Gasteiger partial charge is 0.464 e. The summed E-state index contributed by atoms with van der Waals surface area (Å²) in [5, 5.41) is 0. The van der Waals surface area contributed by atoms with Crippen LogP contribution in [0.2, 0.25) is 0 Å². The summed E-state index contributed by atoms with van der Waals surface area (Å²) in [6, 6.07) is 0. The van der Waals surface area contributed by atoms with E-state index >= 15 is 0 Å². The quantitative estimate of drug-likeness (QED) is 0.760. The molecule has 0 atom stereocenters. The van der Waals surface area contributed by atoms with Gasteiger partial charge in [0.2, 0.25) is 0 Å². The summed E-state index contributed by atoms with van der Waals surface area (Å²) >= 11 is 0.928. The Kier molecular flexibility index (Phi) is 4.74. The van der Waals surface area contributed by atoms with Crippen LogP contribution in [0.4, 0.5) is 0 Å². The standard InChI is InChI=1S/C11H16N2O5S2/c1-17-8-3-5-13(6-4-8)20(15,16)11-9(10(14)18-2)12-7-19-11/h7-8H,3-6H2,1-2H3. The highest BCUT2D eigenvalue weighted by atomic mass is 32.2. The van der Waals surface area contributed by atoms with Crippen LogP contribution >= 0.6 is 11.3 Å². The first-order valence-electron chi connectivity index (χ1n) is 6.05. The summed E-state index contributed by atoms with van der Waals surface area (Å²) in [5.74, 6) is -0.739. The van der Waals surface area contributed by atoms with Gasteiger partial charge in [-0.2, -0.15) is 4.31 Å². The summed E-state index contributed by atoms with van der Waals surface area (Å²) in [5.41, 5.74) is 1.19. The lowest BCUT2D eigenvalue weighted by molar-refractivity contribution is 0.0582. The molecule has 0 N–H and O–H groups in total. The Balaban J connectivity index is 2.23.